The van der Waals surface area contributed by atoms with Crippen molar-refractivity contribution in [2.24, 2.45) is 0 Å². The third-order valence-corrected chi connectivity index (χ3v) is 4.65. The molecule has 1 atom stereocenters. The Hall–Kier alpha value is -0.920. The van der Waals surface area contributed by atoms with E-state index >= 15 is 0 Å². The van der Waals surface area contributed by atoms with Crippen molar-refractivity contribution in [3.8, 4) is 0 Å². The minimum Gasteiger partial charge on any atom is -0.360 e. The number of hydrogen-bond donors (Lipinski definition) is 2. The number of piperidine rings is 1. The van der Waals surface area contributed by atoms with Gasteiger partial charge < -0.3 is 9.84 Å². The van der Waals surface area contributed by atoms with Gasteiger partial charge in [-0.3, -0.25) is 0 Å². The minimum absolute atomic E-state index is 0.151. The SMILES string of the molecule is Cc1cc(CNS(=O)(=O)CCC2CCCCN2)on1. The van der Waals surface area contributed by atoms with Crippen molar-refractivity contribution in [2.75, 3.05) is 12.3 Å². The van der Waals surface area contributed by atoms with Gasteiger partial charge in [-0.1, -0.05) is 11.6 Å². The molecule has 2 heterocycles. The van der Waals surface area contributed by atoms with Crippen molar-refractivity contribution in [1.29, 1.82) is 0 Å². The first kappa shape index (κ1) is 14.5. The molecule has 19 heavy (non-hydrogen) atoms. The first-order valence-electron chi connectivity index (χ1n) is 6.68. The molecule has 0 aromatic carbocycles. The predicted molar refractivity (Wildman–Crippen MR) is 72.1 cm³/mol. The monoisotopic (exact) mass is 287 g/mol. The summed E-state index contributed by atoms with van der Waals surface area (Å²) in [6.07, 6.45) is 4.09. The standard InChI is InChI=1S/C12H21N3O3S/c1-10-8-12(18-15-10)9-14-19(16,17)7-5-11-4-2-3-6-13-11/h8,11,13-14H,2-7,9H2,1H3. The van der Waals surface area contributed by atoms with Crippen molar-refractivity contribution < 1.29 is 12.9 Å². The van der Waals surface area contributed by atoms with Crippen LogP contribution in [0.3, 0.4) is 0 Å². The fourth-order valence-corrected chi connectivity index (χ4v) is 3.32. The van der Waals surface area contributed by atoms with Crippen LogP contribution in [0.15, 0.2) is 10.6 Å². The zero-order valence-electron chi connectivity index (χ0n) is 11.2. The molecular weight excluding hydrogens is 266 g/mol. The smallest absolute Gasteiger partial charge is 0.212 e. The Labute approximate surface area is 114 Å². The first-order valence-corrected chi connectivity index (χ1v) is 8.33. The third kappa shape index (κ3) is 4.93. The third-order valence-electron chi connectivity index (χ3n) is 3.29. The average Bonchev–Trinajstić information content (AvgIpc) is 2.82. The van der Waals surface area contributed by atoms with E-state index in [9.17, 15) is 8.42 Å². The van der Waals surface area contributed by atoms with Gasteiger partial charge >= 0.3 is 0 Å². The van der Waals surface area contributed by atoms with Crippen molar-refractivity contribution in [1.82, 2.24) is 15.2 Å². The molecule has 1 fully saturated rings. The maximum Gasteiger partial charge on any atom is 0.212 e. The summed E-state index contributed by atoms with van der Waals surface area (Å²) in [5.74, 6) is 0.689. The van der Waals surface area contributed by atoms with Crippen LogP contribution in [0, 0.1) is 6.92 Å². The molecule has 0 saturated carbocycles. The van der Waals surface area contributed by atoms with Crippen LogP contribution in [0.5, 0.6) is 0 Å². The number of hydrogen-bond acceptors (Lipinski definition) is 5. The van der Waals surface area contributed by atoms with Crippen molar-refractivity contribution in [3.63, 3.8) is 0 Å². The van der Waals surface area contributed by atoms with Gasteiger partial charge in [0.05, 0.1) is 18.0 Å². The topological polar surface area (TPSA) is 84.2 Å². The minimum atomic E-state index is -3.25. The van der Waals surface area contributed by atoms with Crippen molar-refractivity contribution in [2.45, 2.75) is 45.2 Å². The lowest BCUT2D eigenvalue weighted by Gasteiger charge is -2.23. The number of aryl methyl sites for hydroxylation is 1. The highest BCUT2D eigenvalue weighted by atomic mass is 32.2. The molecule has 7 heteroatoms. The molecule has 1 aliphatic rings. The zero-order valence-corrected chi connectivity index (χ0v) is 12.0. The van der Waals surface area contributed by atoms with E-state index in [0.717, 1.165) is 18.7 Å². The van der Waals surface area contributed by atoms with Gasteiger partial charge in [-0.25, -0.2) is 13.1 Å². The van der Waals surface area contributed by atoms with Crippen LogP contribution in [0.25, 0.3) is 0 Å². The van der Waals surface area contributed by atoms with E-state index in [2.05, 4.69) is 15.2 Å². The summed E-state index contributed by atoms with van der Waals surface area (Å²) in [4.78, 5) is 0. The summed E-state index contributed by atoms with van der Waals surface area (Å²) in [6, 6.07) is 2.06. The van der Waals surface area contributed by atoms with Crippen molar-refractivity contribution in [3.05, 3.63) is 17.5 Å². The Kier molecular flexibility index (Phi) is 4.95. The molecule has 0 spiro atoms. The summed E-state index contributed by atoms with van der Waals surface area (Å²) >= 11 is 0. The lowest BCUT2D eigenvalue weighted by Crippen LogP contribution is -2.37. The number of aromatic nitrogens is 1. The van der Waals surface area contributed by atoms with Gasteiger partial charge in [0.15, 0.2) is 5.76 Å². The van der Waals surface area contributed by atoms with E-state index in [4.69, 9.17) is 4.52 Å². The largest absolute Gasteiger partial charge is 0.360 e. The van der Waals surface area contributed by atoms with Gasteiger partial charge in [-0.05, 0) is 32.7 Å². The lowest BCUT2D eigenvalue weighted by atomic mass is 10.0. The summed E-state index contributed by atoms with van der Waals surface area (Å²) in [5.41, 5.74) is 0.751. The summed E-state index contributed by atoms with van der Waals surface area (Å²) < 4.78 is 31.2. The number of nitrogens with one attached hydrogen (secondary N) is 2. The van der Waals surface area contributed by atoms with E-state index in [1.165, 1.54) is 12.8 Å². The van der Waals surface area contributed by atoms with E-state index in [1.807, 2.05) is 0 Å². The Morgan fingerprint density at radius 2 is 2.37 bits per heavy atom. The van der Waals surface area contributed by atoms with Crippen LogP contribution in [-0.4, -0.2) is 31.9 Å². The highest BCUT2D eigenvalue weighted by Gasteiger charge is 2.17. The van der Waals surface area contributed by atoms with Gasteiger partial charge in [0.1, 0.15) is 0 Å². The molecule has 1 aromatic heterocycles. The fraction of sp³-hybridized carbons (Fsp3) is 0.750. The lowest BCUT2D eigenvalue weighted by molar-refractivity contribution is 0.376. The molecular formula is C12H21N3O3S. The van der Waals surface area contributed by atoms with Gasteiger partial charge in [-0.15, -0.1) is 0 Å². The number of nitrogens with zero attached hydrogens (tertiary/aromatic N) is 1. The van der Waals surface area contributed by atoms with E-state index in [0.29, 0.717) is 18.2 Å². The Morgan fingerprint density at radius 3 is 3.00 bits per heavy atom. The van der Waals surface area contributed by atoms with Gasteiger partial charge in [0.2, 0.25) is 10.0 Å². The van der Waals surface area contributed by atoms with Crippen LogP contribution in [0.2, 0.25) is 0 Å². The van der Waals surface area contributed by atoms with Crippen LogP contribution in [0.4, 0.5) is 0 Å². The molecule has 0 bridgehead atoms. The average molecular weight is 287 g/mol. The molecule has 2 rings (SSSR count). The first-order chi connectivity index (χ1) is 9.05. The van der Waals surface area contributed by atoms with Crippen LogP contribution in [-0.2, 0) is 16.6 Å². The quantitative estimate of drug-likeness (QED) is 0.813. The molecule has 108 valence electrons. The van der Waals surface area contributed by atoms with Crippen LogP contribution < -0.4 is 10.0 Å². The highest BCUT2D eigenvalue weighted by molar-refractivity contribution is 7.89. The Bertz CT molecular complexity index is 492. The normalized spacial score (nSPS) is 20.6. The second-order valence-electron chi connectivity index (χ2n) is 5.01. The van der Waals surface area contributed by atoms with Crippen LogP contribution in [0.1, 0.15) is 37.1 Å². The molecule has 2 N–H and O–H groups in total. The zero-order chi connectivity index (χ0) is 13.7. The maximum atomic E-state index is 11.9. The molecule has 0 aliphatic carbocycles. The number of rotatable bonds is 6. The molecule has 1 aromatic rings. The molecule has 1 unspecified atom stereocenters. The molecule has 1 aliphatic heterocycles. The molecule has 6 nitrogen and oxygen atoms in total. The van der Waals surface area contributed by atoms with Gasteiger partial charge in [0, 0.05) is 12.1 Å². The van der Waals surface area contributed by atoms with Gasteiger partial charge in [-0.2, -0.15) is 0 Å². The van der Waals surface area contributed by atoms with E-state index in [-0.39, 0.29) is 12.3 Å². The van der Waals surface area contributed by atoms with E-state index in [1.54, 1.807) is 13.0 Å². The number of sulfonamides is 1. The summed E-state index contributed by atoms with van der Waals surface area (Å²) in [5, 5.41) is 7.06. The van der Waals surface area contributed by atoms with E-state index < -0.39 is 10.0 Å². The molecule has 0 amide bonds. The van der Waals surface area contributed by atoms with Crippen molar-refractivity contribution >= 4 is 10.0 Å². The second-order valence-corrected chi connectivity index (χ2v) is 6.94. The second kappa shape index (κ2) is 6.49. The predicted octanol–water partition coefficient (Wildman–Crippen LogP) is 0.935. The molecule has 1 saturated heterocycles. The molecule has 0 radical (unpaired) electrons. The van der Waals surface area contributed by atoms with Gasteiger partial charge in [0.25, 0.3) is 0 Å². The van der Waals surface area contributed by atoms with Crippen LogP contribution >= 0.6 is 0 Å². The fourth-order valence-electron chi connectivity index (χ4n) is 2.22. The highest BCUT2D eigenvalue weighted by Crippen LogP contribution is 2.11. The Balaban J connectivity index is 1.75. The maximum absolute atomic E-state index is 11.9. The summed E-state index contributed by atoms with van der Waals surface area (Å²) in [6.45, 7) is 2.97. The summed E-state index contributed by atoms with van der Waals surface area (Å²) in [7, 11) is -3.25. The Morgan fingerprint density at radius 1 is 1.53 bits per heavy atom.